The van der Waals surface area contributed by atoms with Crippen molar-refractivity contribution < 1.29 is 23.7 Å². The molecule has 58 heavy (non-hydrogen) atoms. The van der Waals surface area contributed by atoms with Gasteiger partial charge in [0.05, 0.1) is 24.7 Å². The van der Waals surface area contributed by atoms with Crippen LogP contribution in [0, 0.1) is 0 Å². The molecule has 2 fully saturated rings. The van der Waals surface area contributed by atoms with Gasteiger partial charge in [0.25, 0.3) is 5.91 Å². The van der Waals surface area contributed by atoms with E-state index >= 15 is 0 Å². The lowest BCUT2D eigenvalue weighted by molar-refractivity contribution is -0.136. The fraction of sp³-hybridized carbons (Fsp3) is 0.419. The van der Waals surface area contributed by atoms with Gasteiger partial charge in [-0.1, -0.05) is 48.7 Å². The number of methoxy groups -OCH3 is 1. The molecule has 0 spiro atoms. The molecule has 4 aromatic rings. The number of para-hydroxylation sites is 1. The van der Waals surface area contributed by atoms with Gasteiger partial charge in [0.1, 0.15) is 24.0 Å². The Bertz CT molecular complexity index is 2210. The van der Waals surface area contributed by atoms with Crippen molar-refractivity contribution in [3.05, 3.63) is 88.6 Å². The highest BCUT2D eigenvalue weighted by Gasteiger charge is 2.39. The van der Waals surface area contributed by atoms with Gasteiger partial charge in [-0.25, -0.2) is 4.98 Å². The number of rotatable bonds is 16. The molecule has 15 heteroatoms. The quantitative estimate of drug-likeness (QED) is 0.0524. The van der Waals surface area contributed by atoms with Gasteiger partial charge in [-0.3, -0.25) is 19.7 Å². The maximum absolute atomic E-state index is 13.0. The van der Waals surface area contributed by atoms with E-state index in [0.29, 0.717) is 52.8 Å². The van der Waals surface area contributed by atoms with Crippen LogP contribution in [0.2, 0.25) is 5.02 Å². The monoisotopic (exact) mass is 826 g/mol. The van der Waals surface area contributed by atoms with Crippen LogP contribution in [0.4, 0.5) is 28.8 Å². The Morgan fingerprint density at radius 2 is 1.72 bits per heavy atom. The summed E-state index contributed by atoms with van der Waals surface area (Å²) in [6, 6.07) is 19.5. The molecule has 1 aromatic heterocycles. The molecule has 0 radical (unpaired) electrons. The largest absolute Gasteiger partial charge is 0.494 e. The van der Waals surface area contributed by atoms with E-state index < -0.39 is 13.2 Å². The van der Waals surface area contributed by atoms with Crippen molar-refractivity contribution in [2.24, 2.45) is 0 Å². The van der Waals surface area contributed by atoms with Gasteiger partial charge in [0.2, 0.25) is 17.8 Å². The lowest BCUT2D eigenvalue weighted by Gasteiger charge is -2.34. The third-order valence-electron chi connectivity index (χ3n) is 11.2. The summed E-state index contributed by atoms with van der Waals surface area (Å²) in [5, 5.41) is 13.7. The van der Waals surface area contributed by atoms with Crippen LogP contribution in [0.5, 0.6) is 5.75 Å². The number of imide groups is 1. The summed E-state index contributed by atoms with van der Waals surface area (Å²) in [5.41, 5.74) is 5.36. The zero-order valence-electron chi connectivity index (χ0n) is 33.4. The SMILES string of the molecule is COc1cc(N2CCC(NCCCCCCc3ccc4c(c3)CN(C3CCC(=O)NC3=O)C4=O)CC2)ccc1Nc1ncc(Cl)c(Nc2ccccc2P(C)(C)=O)n1. The third-order valence-corrected chi connectivity index (χ3v) is 13.0. The average molecular weight is 827 g/mol. The number of ether oxygens (including phenoxy) is 1. The van der Waals surface area contributed by atoms with Crippen molar-refractivity contribution in [3.8, 4) is 5.75 Å². The van der Waals surface area contributed by atoms with Gasteiger partial charge in [0.15, 0.2) is 5.82 Å². The van der Waals surface area contributed by atoms with Crippen LogP contribution >= 0.6 is 18.7 Å². The second-order valence-electron chi connectivity index (χ2n) is 15.7. The summed E-state index contributed by atoms with van der Waals surface area (Å²) in [4.78, 5) is 49.9. The van der Waals surface area contributed by atoms with Crippen LogP contribution < -0.4 is 36.2 Å². The Kier molecular flexibility index (Phi) is 13.0. The molecule has 4 N–H and O–H groups in total. The van der Waals surface area contributed by atoms with Crippen molar-refractivity contribution in [1.29, 1.82) is 0 Å². The predicted octanol–water partition coefficient (Wildman–Crippen LogP) is 7.00. The highest BCUT2D eigenvalue weighted by atomic mass is 35.5. The van der Waals surface area contributed by atoms with Gasteiger partial charge in [-0.2, -0.15) is 4.98 Å². The molecular formula is C43H52ClN8O5P. The minimum absolute atomic E-state index is 0.126. The Labute approximate surface area is 345 Å². The number of nitrogens with zero attached hydrogens (tertiary/aromatic N) is 4. The molecule has 3 aliphatic heterocycles. The fourth-order valence-corrected chi connectivity index (χ4v) is 9.32. The Balaban J connectivity index is 0.821. The minimum Gasteiger partial charge on any atom is -0.494 e. The number of fused-ring (bicyclic) bond motifs is 1. The molecule has 4 heterocycles. The van der Waals surface area contributed by atoms with Crippen LogP contribution in [-0.2, 0) is 27.1 Å². The number of aryl methyl sites for hydroxylation is 1. The molecule has 0 aliphatic carbocycles. The number of benzene rings is 3. The number of piperidine rings is 2. The van der Waals surface area contributed by atoms with E-state index in [1.807, 2.05) is 48.5 Å². The first-order valence-electron chi connectivity index (χ1n) is 20.1. The molecular weight excluding hydrogens is 775 g/mol. The first-order chi connectivity index (χ1) is 28.0. The van der Waals surface area contributed by atoms with E-state index in [1.165, 1.54) is 11.8 Å². The van der Waals surface area contributed by atoms with Crippen molar-refractivity contribution in [2.75, 3.05) is 55.6 Å². The fourth-order valence-electron chi connectivity index (χ4n) is 8.03. The van der Waals surface area contributed by atoms with Crippen LogP contribution in [-0.4, -0.2) is 84.7 Å². The van der Waals surface area contributed by atoms with Crippen LogP contribution in [0.1, 0.15) is 72.9 Å². The van der Waals surface area contributed by atoms with Crippen molar-refractivity contribution in [1.82, 2.24) is 25.5 Å². The van der Waals surface area contributed by atoms with E-state index in [0.717, 1.165) is 86.8 Å². The lowest BCUT2D eigenvalue weighted by Crippen LogP contribution is -2.52. The van der Waals surface area contributed by atoms with Gasteiger partial charge < -0.3 is 35.1 Å². The predicted molar refractivity (Wildman–Crippen MR) is 230 cm³/mol. The third kappa shape index (κ3) is 9.82. The number of amides is 3. The standard InChI is InChI=1S/C43H52ClN8O5P/c1-57-37-25-31(14-16-34(37)48-43-46-26-33(44)40(50-43)47-35-11-7-8-12-38(35)58(2,3)56)51-22-19-30(20-23-51)45-21-9-5-4-6-10-28-13-15-32-29(24-28)27-52(42(32)55)36-17-18-39(53)49-41(36)54/h7-8,11-16,24-26,30,36,45H,4-6,9-10,17-23,27H2,1-3H3,(H,49,53,54)(H2,46,47,48,50). The number of hydrogen-bond donors (Lipinski definition) is 4. The molecule has 3 aliphatic rings. The molecule has 0 saturated carbocycles. The second kappa shape index (κ2) is 18.3. The maximum Gasteiger partial charge on any atom is 0.255 e. The Morgan fingerprint density at radius 3 is 2.50 bits per heavy atom. The van der Waals surface area contributed by atoms with E-state index in [-0.39, 0.29) is 24.1 Å². The first kappa shape index (κ1) is 41.2. The molecule has 0 bridgehead atoms. The number of anilines is 5. The molecule has 13 nitrogen and oxygen atoms in total. The normalized spacial score (nSPS) is 17.3. The number of carbonyl (C=O) groups excluding carboxylic acids is 3. The summed E-state index contributed by atoms with van der Waals surface area (Å²) in [6.07, 6.45) is 9.77. The van der Waals surface area contributed by atoms with E-state index in [2.05, 4.69) is 48.3 Å². The zero-order chi connectivity index (χ0) is 40.8. The summed E-state index contributed by atoms with van der Waals surface area (Å²) in [5.74, 6) is 0.650. The van der Waals surface area contributed by atoms with E-state index in [9.17, 15) is 18.9 Å². The maximum atomic E-state index is 13.0. The second-order valence-corrected chi connectivity index (χ2v) is 19.3. The van der Waals surface area contributed by atoms with Crippen LogP contribution in [0.15, 0.2) is 66.9 Å². The number of hydrogen-bond acceptors (Lipinski definition) is 11. The average Bonchev–Trinajstić information content (AvgIpc) is 3.53. The number of aromatic nitrogens is 2. The minimum atomic E-state index is -2.54. The van der Waals surface area contributed by atoms with E-state index in [1.54, 1.807) is 25.3 Å². The molecule has 1 atom stereocenters. The van der Waals surface area contributed by atoms with E-state index in [4.69, 9.17) is 16.3 Å². The summed E-state index contributed by atoms with van der Waals surface area (Å²) < 4.78 is 18.7. The summed E-state index contributed by atoms with van der Waals surface area (Å²) in [6.45, 7) is 6.79. The number of nitrogens with one attached hydrogen (secondary N) is 4. The Hall–Kier alpha value is -4.97. The van der Waals surface area contributed by atoms with Gasteiger partial charge in [0, 0.05) is 54.7 Å². The van der Waals surface area contributed by atoms with Gasteiger partial charge in [-0.15, -0.1) is 0 Å². The van der Waals surface area contributed by atoms with Crippen molar-refractivity contribution in [3.63, 3.8) is 0 Å². The molecule has 2 saturated heterocycles. The molecule has 3 amide bonds. The smallest absolute Gasteiger partial charge is 0.255 e. The number of halogens is 1. The lowest BCUT2D eigenvalue weighted by atomic mass is 10.0. The zero-order valence-corrected chi connectivity index (χ0v) is 35.0. The molecule has 1 unspecified atom stereocenters. The number of carbonyl (C=O) groups is 3. The molecule has 306 valence electrons. The van der Waals surface area contributed by atoms with Crippen molar-refractivity contribution in [2.45, 2.75) is 76.4 Å². The summed E-state index contributed by atoms with van der Waals surface area (Å²) in [7, 11) is -0.891. The molecule has 3 aromatic carbocycles. The van der Waals surface area contributed by atoms with Gasteiger partial charge in [-0.05, 0) is 99.9 Å². The van der Waals surface area contributed by atoms with Gasteiger partial charge >= 0.3 is 0 Å². The number of unbranched alkanes of at least 4 members (excludes halogenated alkanes) is 3. The van der Waals surface area contributed by atoms with Crippen molar-refractivity contribution >= 4 is 70.6 Å². The Morgan fingerprint density at radius 1 is 0.931 bits per heavy atom. The molecule has 7 rings (SSSR count). The van der Waals surface area contributed by atoms with Crippen LogP contribution in [0.25, 0.3) is 0 Å². The highest BCUT2D eigenvalue weighted by molar-refractivity contribution is 7.70. The first-order valence-corrected chi connectivity index (χ1v) is 23.1. The summed E-state index contributed by atoms with van der Waals surface area (Å²) >= 11 is 6.46. The van der Waals surface area contributed by atoms with Crippen LogP contribution in [0.3, 0.4) is 0 Å². The highest BCUT2D eigenvalue weighted by Crippen LogP contribution is 2.39. The topological polar surface area (TPSA) is 158 Å².